The third-order valence-electron chi connectivity index (χ3n) is 4.12. The quantitative estimate of drug-likeness (QED) is 0.877. The Bertz CT molecular complexity index is 462. The van der Waals surface area contributed by atoms with Gasteiger partial charge in [0.05, 0.1) is 5.41 Å². The van der Waals surface area contributed by atoms with Crippen molar-refractivity contribution in [2.24, 2.45) is 5.41 Å². The monoisotopic (exact) mass is 260 g/mol. The normalized spacial score (nSPS) is 23.1. The Morgan fingerprint density at radius 3 is 2.89 bits per heavy atom. The van der Waals surface area contributed by atoms with Gasteiger partial charge >= 0.3 is 0 Å². The number of carbonyl (C=O) groups excluding carboxylic acids is 1. The van der Waals surface area contributed by atoms with Gasteiger partial charge in [-0.3, -0.25) is 4.79 Å². The van der Waals surface area contributed by atoms with Crippen molar-refractivity contribution in [2.45, 2.75) is 40.0 Å². The van der Waals surface area contributed by atoms with Crippen LogP contribution in [0.25, 0.3) is 0 Å². The Hall–Kier alpha value is -1.35. The van der Waals surface area contributed by atoms with E-state index in [0.29, 0.717) is 0 Å². The molecule has 0 aromatic heterocycles. The van der Waals surface area contributed by atoms with Gasteiger partial charge in [0.15, 0.2) is 0 Å². The summed E-state index contributed by atoms with van der Waals surface area (Å²) in [6.07, 6.45) is 2.96. The summed E-state index contributed by atoms with van der Waals surface area (Å²) < 4.78 is 0. The second-order valence-electron chi connectivity index (χ2n) is 5.76. The van der Waals surface area contributed by atoms with Crippen molar-refractivity contribution in [3.8, 4) is 0 Å². The fourth-order valence-corrected chi connectivity index (χ4v) is 2.72. The zero-order valence-electron chi connectivity index (χ0n) is 12.2. The second kappa shape index (κ2) is 5.74. The van der Waals surface area contributed by atoms with E-state index in [0.717, 1.165) is 43.6 Å². The summed E-state index contributed by atoms with van der Waals surface area (Å²) in [4.78, 5) is 12.6. The van der Waals surface area contributed by atoms with Gasteiger partial charge in [0.25, 0.3) is 0 Å². The Balaban J connectivity index is 2.19. The standard InChI is InChI=1S/C16H24N2O/c1-4-13-8-5-7-12(2)14(13)18-15(19)16(3)9-6-10-17-11-16/h5,7-8,17H,4,6,9-11H2,1-3H3,(H,18,19). The molecule has 0 spiro atoms. The molecule has 1 aromatic carbocycles. The van der Waals surface area contributed by atoms with E-state index in [-0.39, 0.29) is 11.3 Å². The van der Waals surface area contributed by atoms with Crippen LogP contribution in [0.3, 0.4) is 0 Å². The molecule has 2 rings (SSSR count). The summed E-state index contributed by atoms with van der Waals surface area (Å²) in [5, 5.41) is 6.49. The lowest BCUT2D eigenvalue weighted by Crippen LogP contribution is -2.46. The SMILES string of the molecule is CCc1cccc(C)c1NC(=O)C1(C)CCCNC1. The molecule has 1 unspecified atom stereocenters. The molecular weight excluding hydrogens is 236 g/mol. The molecule has 0 radical (unpaired) electrons. The van der Waals surface area contributed by atoms with E-state index >= 15 is 0 Å². The molecule has 104 valence electrons. The van der Waals surface area contributed by atoms with E-state index in [9.17, 15) is 4.79 Å². The lowest BCUT2D eigenvalue weighted by molar-refractivity contribution is -0.125. The van der Waals surface area contributed by atoms with Crippen LogP contribution in [0.5, 0.6) is 0 Å². The number of benzene rings is 1. The summed E-state index contributed by atoms with van der Waals surface area (Å²) in [6, 6.07) is 6.19. The molecule has 1 heterocycles. The predicted molar refractivity (Wildman–Crippen MR) is 79.4 cm³/mol. The minimum atomic E-state index is -0.286. The van der Waals surface area contributed by atoms with E-state index in [4.69, 9.17) is 0 Å². The van der Waals surface area contributed by atoms with Gasteiger partial charge in [-0.1, -0.05) is 25.1 Å². The van der Waals surface area contributed by atoms with Gasteiger partial charge in [-0.15, -0.1) is 0 Å². The first-order valence-corrected chi connectivity index (χ1v) is 7.17. The number of rotatable bonds is 3. The predicted octanol–water partition coefficient (Wildman–Crippen LogP) is 2.89. The van der Waals surface area contributed by atoms with Crippen molar-refractivity contribution in [1.82, 2.24) is 5.32 Å². The third-order valence-corrected chi connectivity index (χ3v) is 4.12. The fraction of sp³-hybridized carbons (Fsp3) is 0.562. The maximum Gasteiger partial charge on any atom is 0.231 e. The topological polar surface area (TPSA) is 41.1 Å². The van der Waals surface area contributed by atoms with Crippen LogP contribution in [0.15, 0.2) is 18.2 Å². The first-order valence-electron chi connectivity index (χ1n) is 7.17. The van der Waals surface area contributed by atoms with Crippen LogP contribution in [0, 0.1) is 12.3 Å². The van der Waals surface area contributed by atoms with Gasteiger partial charge in [-0.05, 0) is 50.8 Å². The van der Waals surface area contributed by atoms with Gasteiger partial charge in [0.2, 0.25) is 5.91 Å². The number of hydrogen-bond acceptors (Lipinski definition) is 2. The summed E-state index contributed by atoms with van der Waals surface area (Å²) in [5.74, 6) is 0.142. The molecule has 1 saturated heterocycles. The number of hydrogen-bond donors (Lipinski definition) is 2. The van der Waals surface area contributed by atoms with Crippen molar-refractivity contribution >= 4 is 11.6 Å². The lowest BCUT2D eigenvalue weighted by atomic mass is 9.81. The molecule has 3 heteroatoms. The van der Waals surface area contributed by atoms with E-state index < -0.39 is 0 Å². The van der Waals surface area contributed by atoms with Crippen LogP contribution in [0.2, 0.25) is 0 Å². The summed E-state index contributed by atoms with van der Waals surface area (Å²) in [6.45, 7) is 8.02. The van der Waals surface area contributed by atoms with Crippen LogP contribution in [0.4, 0.5) is 5.69 Å². The number of nitrogens with one attached hydrogen (secondary N) is 2. The van der Waals surface area contributed by atoms with Crippen LogP contribution < -0.4 is 10.6 Å². The Kier molecular flexibility index (Phi) is 4.25. The number of carbonyl (C=O) groups is 1. The molecule has 1 amide bonds. The van der Waals surface area contributed by atoms with Crippen LogP contribution in [-0.2, 0) is 11.2 Å². The Morgan fingerprint density at radius 2 is 2.26 bits per heavy atom. The van der Waals surface area contributed by atoms with Crippen molar-refractivity contribution in [3.63, 3.8) is 0 Å². The molecule has 1 atom stereocenters. The molecule has 1 aliphatic rings. The average Bonchev–Trinajstić information content (AvgIpc) is 2.41. The van der Waals surface area contributed by atoms with Crippen molar-refractivity contribution < 1.29 is 4.79 Å². The Labute approximate surface area is 115 Å². The molecule has 3 nitrogen and oxygen atoms in total. The summed E-state index contributed by atoms with van der Waals surface area (Å²) >= 11 is 0. The molecule has 0 aliphatic carbocycles. The summed E-state index contributed by atoms with van der Waals surface area (Å²) in [7, 11) is 0. The maximum absolute atomic E-state index is 12.6. The first-order chi connectivity index (χ1) is 9.07. The largest absolute Gasteiger partial charge is 0.325 e. The molecule has 0 saturated carbocycles. The van der Waals surface area contributed by atoms with Gasteiger partial charge in [-0.2, -0.15) is 0 Å². The van der Waals surface area contributed by atoms with Crippen molar-refractivity contribution in [2.75, 3.05) is 18.4 Å². The average molecular weight is 260 g/mol. The minimum Gasteiger partial charge on any atom is -0.325 e. The minimum absolute atomic E-state index is 0.142. The molecule has 1 fully saturated rings. The highest BCUT2D eigenvalue weighted by atomic mass is 16.2. The van der Waals surface area contributed by atoms with Gasteiger partial charge in [0.1, 0.15) is 0 Å². The van der Waals surface area contributed by atoms with E-state index in [2.05, 4.69) is 43.5 Å². The number of piperidine rings is 1. The number of anilines is 1. The summed E-state index contributed by atoms with van der Waals surface area (Å²) in [5.41, 5.74) is 3.06. The zero-order valence-corrected chi connectivity index (χ0v) is 12.2. The maximum atomic E-state index is 12.6. The van der Waals surface area contributed by atoms with Gasteiger partial charge in [-0.25, -0.2) is 0 Å². The van der Waals surface area contributed by atoms with E-state index in [1.807, 2.05) is 6.07 Å². The number of para-hydroxylation sites is 1. The highest BCUT2D eigenvalue weighted by Gasteiger charge is 2.34. The van der Waals surface area contributed by atoms with Crippen molar-refractivity contribution in [3.05, 3.63) is 29.3 Å². The first kappa shape index (κ1) is 14.1. The van der Waals surface area contributed by atoms with Crippen LogP contribution in [0.1, 0.15) is 37.8 Å². The van der Waals surface area contributed by atoms with Crippen molar-refractivity contribution in [1.29, 1.82) is 0 Å². The van der Waals surface area contributed by atoms with Gasteiger partial charge < -0.3 is 10.6 Å². The molecule has 0 bridgehead atoms. The third kappa shape index (κ3) is 2.98. The van der Waals surface area contributed by atoms with E-state index in [1.54, 1.807) is 0 Å². The molecular formula is C16H24N2O. The number of amides is 1. The highest BCUT2D eigenvalue weighted by molar-refractivity contribution is 5.96. The van der Waals surface area contributed by atoms with E-state index in [1.165, 1.54) is 5.56 Å². The zero-order chi connectivity index (χ0) is 13.9. The second-order valence-corrected chi connectivity index (χ2v) is 5.76. The molecule has 1 aliphatic heterocycles. The van der Waals surface area contributed by atoms with Crippen LogP contribution in [-0.4, -0.2) is 19.0 Å². The fourth-order valence-electron chi connectivity index (χ4n) is 2.72. The smallest absolute Gasteiger partial charge is 0.231 e. The molecule has 1 aromatic rings. The Morgan fingerprint density at radius 1 is 1.47 bits per heavy atom. The molecule has 19 heavy (non-hydrogen) atoms. The lowest BCUT2D eigenvalue weighted by Gasteiger charge is -2.33. The number of aryl methyl sites for hydroxylation is 2. The van der Waals surface area contributed by atoms with Crippen LogP contribution >= 0.6 is 0 Å². The molecule has 2 N–H and O–H groups in total. The van der Waals surface area contributed by atoms with Gasteiger partial charge in [0, 0.05) is 12.2 Å². The highest BCUT2D eigenvalue weighted by Crippen LogP contribution is 2.29.